The predicted octanol–water partition coefficient (Wildman–Crippen LogP) is 2.61. The molecule has 0 bridgehead atoms. The zero-order valence-corrected chi connectivity index (χ0v) is 15.1. The highest BCUT2D eigenvalue weighted by molar-refractivity contribution is 5.94. The molecule has 0 atom stereocenters. The molecule has 1 saturated heterocycles. The lowest BCUT2D eigenvalue weighted by Crippen LogP contribution is -2.38. The molecule has 2 amide bonds. The van der Waals surface area contributed by atoms with Gasteiger partial charge in [0.15, 0.2) is 0 Å². The van der Waals surface area contributed by atoms with Crippen LogP contribution in [0.15, 0.2) is 54.6 Å². The smallest absolute Gasteiger partial charge is 0.254 e. The highest BCUT2D eigenvalue weighted by Gasteiger charge is 2.23. The van der Waals surface area contributed by atoms with Crippen LogP contribution < -0.4 is 4.74 Å². The molecule has 5 heteroatoms. The molecular formula is C21H24N2O3. The van der Waals surface area contributed by atoms with Gasteiger partial charge in [-0.2, -0.15) is 0 Å². The summed E-state index contributed by atoms with van der Waals surface area (Å²) >= 11 is 0. The number of nitrogens with zero attached hydrogens (tertiary/aromatic N) is 2. The molecule has 0 saturated carbocycles. The highest BCUT2D eigenvalue weighted by Crippen LogP contribution is 2.16. The Labute approximate surface area is 154 Å². The van der Waals surface area contributed by atoms with Gasteiger partial charge in [0.1, 0.15) is 5.75 Å². The number of benzene rings is 2. The SMILES string of the molecule is COc1cccc(C(=O)N2CCCN(C(=O)Cc3ccccc3)CC2)c1. The number of rotatable bonds is 4. The maximum absolute atomic E-state index is 12.8. The fourth-order valence-corrected chi connectivity index (χ4v) is 3.19. The molecule has 136 valence electrons. The first-order chi connectivity index (χ1) is 12.7. The molecule has 1 aliphatic rings. The van der Waals surface area contributed by atoms with E-state index in [1.165, 1.54) is 0 Å². The van der Waals surface area contributed by atoms with Gasteiger partial charge in [0.25, 0.3) is 5.91 Å². The van der Waals surface area contributed by atoms with Crippen molar-refractivity contribution in [3.05, 3.63) is 65.7 Å². The van der Waals surface area contributed by atoms with Crippen LogP contribution in [-0.4, -0.2) is 54.9 Å². The van der Waals surface area contributed by atoms with E-state index in [4.69, 9.17) is 4.74 Å². The Kier molecular flexibility index (Phi) is 5.89. The lowest BCUT2D eigenvalue weighted by Gasteiger charge is -2.22. The number of hydrogen-bond acceptors (Lipinski definition) is 3. The number of amides is 2. The second-order valence-corrected chi connectivity index (χ2v) is 6.42. The van der Waals surface area contributed by atoms with E-state index in [2.05, 4.69) is 0 Å². The second kappa shape index (κ2) is 8.52. The minimum Gasteiger partial charge on any atom is -0.497 e. The Morgan fingerprint density at radius 3 is 2.42 bits per heavy atom. The number of carbonyl (C=O) groups excluding carboxylic acids is 2. The fraction of sp³-hybridized carbons (Fsp3) is 0.333. The normalized spacial score (nSPS) is 14.7. The van der Waals surface area contributed by atoms with Crippen molar-refractivity contribution in [2.24, 2.45) is 0 Å². The van der Waals surface area contributed by atoms with Crippen molar-refractivity contribution in [1.29, 1.82) is 0 Å². The molecule has 2 aromatic rings. The highest BCUT2D eigenvalue weighted by atomic mass is 16.5. The van der Waals surface area contributed by atoms with Crippen LogP contribution in [0.3, 0.4) is 0 Å². The van der Waals surface area contributed by atoms with Crippen molar-refractivity contribution >= 4 is 11.8 Å². The number of carbonyl (C=O) groups is 2. The van der Waals surface area contributed by atoms with Gasteiger partial charge in [-0.1, -0.05) is 36.4 Å². The Morgan fingerprint density at radius 1 is 0.923 bits per heavy atom. The van der Waals surface area contributed by atoms with E-state index >= 15 is 0 Å². The van der Waals surface area contributed by atoms with Crippen molar-refractivity contribution in [2.45, 2.75) is 12.8 Å². The third-order valence-electron chi connectivity index (χ3n) is 4.65. The molecule has 3 rings (SSSR count). The molecule has 0 N–H and O–H groups in total. The molecule has 0 aliphatic carbocycles. The Balaban J connectivity index is 1.60. The average Bonchev–Trinajstić information content (AvgIpc) is 2.94. The summed E-state index contributed by atoms with van der Waals surface area (Å²) in [5, 5.41) is 0. The first-order valence-corrected chi connectivity index (χ1v) is 8.92. The second-order valence-electron chi connectivity index (χ2n) is 6.42. The molecule has 5 nitrogen and oxygen atoms in total. The maximum atomic E-state index is 12.8. The lowest BCUT2D eigenvalue weighted by atomic mass is 10.1. The van der Waals surface area contributed by atoms with Crippen LogP contribution >= 0.6 is 0 Å². The van der Waals surface area contributed by atoms with Gasteiger partial charge >= 0.3 is 0 Å². The summed E-state index contributed by atoms with van der Waals surface area (Å²) in [6.07, 6.45) is 1.20. The van der Waals surface area contributed by atoms with Crippen molar-refractivity contribution in [3.63, 3.8) is 0 Å². The van der Waals surface area contributed by atoms with Crippen molar-refractivity contribution < 1.29 is 14.3 Å². The minimum atomic E-state index is -0.0127. The molecule has 1 fully saturated rings. The van der Waals surface area contributed by atoms with E-state index in [0.29, 0.717) is 43.9 Å². The Hall–Kier alpha value is -2.82. The van der Waals surface area contributed by atoms with E-state index < -0.39 is 0 Å². The summed E-state index contributed by atoms with van der Waals surface area (Å²) in [5.74, 6) is 0.776. The number of hydrogen-bond donors (Lipinski definition) is 0. The summed E-state index contributed by atoms with van der Waals surface area (Å²) in [6, 6.07) is 17.0. The van der Waals surface area contributed by atoms with Crippen molar-refractivity contribution in [3.8, 4) is 5.75 Å². The Bertz CT molecular complexity index is 761. The van der Waals surface area contributed by atoms with E-state index in [-0.39, 0.29) is 11.8 Å². The zero-order valence-electron chi connectivity index (χ0n) is 15.1. The predicted molar refractivity (Wildman–Crippen MR) is 100 cm³/mol. The fourth-order valence-electron chi connectivity index (χ4n) is 3.19. The van der Waals surface area contributed by atoms with Gasteiger partial charge in [-0.25, -0.2) is 0 Å². The molecule has 0 aromatic heterocycles. The third-order valence-corrected chi connectivity index (χ3v) is 4.65. The monoisotopic (exact) mass is 352 g/mol. The van der Waals surface area contributed by atoms with Crippen LogP contribution in [0.4, 0.5) is 0 Å². The standard InChI is InChI=1S/C21H24N2O3/c1-26-19-10-5-9-18(16-19)21(25)23-12-6-11-22(13-14-23)20(24)15-17-7-3-2-4-8-17/h2-5,7-10,16H,6,11-15H2,1H3. The van der Waals surface area contributed by atoms with Crippen LogP contribution in [0.1, 0.15) is 22.3 Å². The van der Waals surface area contributed by atoms with E-state index in [9.17, 15) is 9.59 Å². The van der Waals surface area contributed by atoms with Gasteiger partial charge in [0.05, 0.1) is 13.5 Å². The van der Waals surface area contributed by atoms with Crippen LogP contribution in [0.2, 0.25) is 0 Å². The summed E-state index contributed by atoms with van der Waals surface area (Å²) in [6.45, 7) is 2.47. The summed E-state index contributed by atoms with van der Waals surface area (Å²) in [5.41, 5.74) is 1.64. The quantitative estimate of drug-likeness (QED) is 0.850. The molecule has 0 spiro atoms. The molecule has 1 aliphatic heterocycles. The van der Waals surface area contributed by atoms with Gasteiger partial charge in [-0.05, 0) is 30.2 Å². The van der Waals surface area contributed by atoms with Crippen LogP contribution in [-0.2, 0) is 11.2 Å². The molecule has 26 heavy (non-hydrogen) atoms. The minimum absolute atomic E-state index is 0.0127. The first kappa shape index (κ1) is 18.0. The van der Waals surface area contributed by atoms with Crippen LogP contribution in [0.5, 0.6) is 5.75 Å². The lowest BCUT2D eigenvalue weighted by molar-refractivity contribution is -0.130. The average molecular weight is 352 g/mol. The molecular weight excluding hydrogens is 328 g/mol. The van der Waals surface area contributed by atoms with Gasteiger partial charge in [0, 0.05) is 31.7 Å². The van der Waals surface area contributed by atoms with Gasteiger partial charge in [-0.15, -0.1) is 0 Å². The summed E-state index contributed by atoms with van der Waals surface area (Å²) in [7, 11) is 1.59. The number of methoxy groups -OCH3 is 1. The van der Waals surface area contributed by atoms with Crippen molar-refractivity contribution in [1.82, 2.24) is 9.80 Å². The molecule has 0 radical (unpaired) electrons. The summed E-state index contributed by atoms with van der Waals surface area (Å²) in [4.78, 5) is 29.0. The van der Waals surface area contributed by atoms with Gasteiger partial charge in [0.2, 0.25) is 5.91 Å². The first-order valence-electron chi connectivity index (χ1n) is 8.92. The maximum Gasteiger partial charge on any atom is 0.254 e. The van der Waals surface area contributed by atoms with E-state index in [0.717, 1.165) is 12.0 Å². The summed E-state index contributed by atoms with van der Waals surface area (Å²) < 4.78 is 5.20. The Morgan fingerprint density at radius 2 is 1.65 bits per heavy atom. The van der Waals surface area contributed by atoms with Gasteiger partial charge in [-0.3, -0.25) is 9.59 Å². The molecule has 1 heterocycles. The van der Waals surface area contributed by atoms with Crippen LogP contribution in [0.25, 0.3) is 0 Å². The topological polar surface area (TPSA) is 49.9 Å². The van der Waals surface area contributed by atoms with Gasteiger partial charge < -0.3 is 14.5 Å². The zero-order chi connectivity index (χ0) is 18.4. The third kappa shape index (κ3) is 4.42. The molecule has 2 aromatic carbocycles. The van der Waals surface area contributed by atoms with Crippen molar-refractivity contribution in [2.75, 3.05) is 33.3 Å². The van der Waals surface area contributed by atoms with E-state index in [1.54, 1.807) is 19.2 Å². The largest absolute Gasteiger partial charge is 0.497 e. The van der Waals surface area contributed by atoms with E-state index in [1.807, 2.05) is 52.3 Å². The van der Waals surface area contributed by atoms with Crippen LogP contribution in [0, 0.1) is 0 Å². The molecule has 0 unspecified atom stereocenters. The number of ether oxygens (including phenoxy) is 1.